The molecule has 2 aliphatic rings. The molecule has 0 aromatic heterocycles. The van der Waals surface area contributed by atoms with Crippen LogP contribution in [0.4, 0.5) is 0 Å². The standard InChI is InChI=1S/C14H20N2O/c1-4-14(2,3)16-9-8-10-6-5-7-11(15)12(10)13(16)17/h5-10,12H,4,15H2,1-3H3. The Morgan fingerprint density at radius 1 is 1.41 bits per heavy atom. The lowest BCUT2D eigenvalue weighted by molar-refractivity contribution is -0.137. The SMILES string of the molecule is CCC(C)(C)N1C=CC2C=CC=C(N)C2C1=O. The highest BCUT2D eigenvalue weighted by atomic mass is 16.2. The second-order valence-corrected chi connectivity index (χ2v) is 5.32. The van der Waals surface area contributed by atoms with Crippen molar-refractivity contribution in [2.45, 2.75) is 32.7 Å². The predicted molar refractivity (Wildman–Crippen MR) is 68.7 cm³/mol. The van der Waals surface area contributed by atoms with Crippen LogP contribution in [0.3, 0.4) is 0 Å². The van der Waals surface area contributed by atoms with Crippen LogP contribution in [0, 0.1) is 11.8 Å². The second-order valence-electron chi connectivity index (χ2n) is 5.32. The van der Waals surface area contributed by atoms with Gasteiger partial charge < -0.3 is 10.6 Å². The third-order valence-corrected chi connectivity index (χ3v) is 3.84. The smallest absolute Gasteiger partial charge is 0.236 e. The number of amides is 1. The van der Waals surface area contributed by atoms with Crippen molar-refractivity contribution in [1.29, 1.82) is 0 Å². The molecule has 0 fully saturated rings. The molecule has 2 atom stereocenters. The van der Waals surface area contributed by atoms with E-state index in [4.69, 9.17) is 5.73 Å². The van der Waals surface area contributed by atoms with Crippen molar-refractivity contribution < 1.29 is 4.79 Å². The Kier molecular flexibility index (Phi) is 2.86. The molecule has 3 heteroatoms. The second kappa shape index (κ2) is 4.06. The van der Waals surface area contributed by atoms with Crippen LogP contribution in [-0.2, 0) is 4.79 Å². The van der Waals surface area contributed by atoms with Crippen LogP contribution in [0.25, 0.3) is 0 Å². The number of nitrogens with zero attached hydrogens (tertiary/aromatic N) is 1. The van der Waals surface area contributed by atoms with Crippen LogP contribution in [0.2, 0.25) is 0 Å². The van der Waals surface area contributed by atoms with E-state index in [1.54, 1.807) is 0 Å². The van der Waals surface area contributed by atoms with Gasteiger partial charge in [0.05, 0.1) is 5.92 Å². The van der Waals surface area contributed by atoms with Crippen LogP contribution >= 0.6 is 0 Å². The molecule has 0 bridgehead atoms. The number of nitrogens with two attached hydrogens (primary N) is 1. The van der Waals surface area contributed by atoms with E-state index in [2.05, 4.69) is 26.8 Å². The molecule has 0 aromatic carbocycles. The summed E-state index contributed by atoms with van der Waals surface area (Å²) in [7, 11) is 0. The highest BCUT2D eigenvalue weighted by Gasteiger charge is 2.39. The van der Waals surface area contributed by atoms with Gasteiger partial charge in [-0.3, -0.25) is 4.79 Å². The van der Waals surface area contributed by atoms with Crippen molar-refractivity contribution in [1.82, 2.24) is 4.90 Å². The molecule has 17 heavy (non-hydrogen) atoms. The third kappa shape index (κ3) is 1.90. The molecule has 0 radical (unpaired) electrons. The fraction of sp³-hybridized carbons (Fsp3) is 0.500. The number of hydrogen-bond donors (Lipinski definition) is 1. The lowest BCUT2D eigenvalue weighted by Crippen LogP contribution is -2.51. The summed E-state index contributed by atoms with van der Waals surface area (Å²) in [4.78, 5) is 14.3. The van der Waals surface area contributed by atoms with Gasteiger partial charge in [0.25, 0.3) is 0 Å². The van der Waals surface area contributed by atoms with E-state index in [9.17, 15) is 4.79 Å². The quantitative estimate of drug-likeness (QED) is 0.793. The zero-order chi connectivity index (χ0) is 12.6. The summed E-state index contributed by atoms with van der Waals surface area (Å²) in [6, 6.07) is 0. The molecule has 1 amide bonds. The Hall–Kier alpha value is -1.51. The monoisotopic (exact) mass is 232 g/mol. The molecule has 0 spiro atoms. The number of fused-ring (bicyclic) bond motifs is 1. The summed E-state index contributed by atoms with van der Waals surface area (Å²) >= 11 is 0. The summed E-state index contributed by atoms with van der Waals surface area (Å²) < 4.78 is 0. The summed E-state index contributed by atoms with van der Waals surface area (Å²) in [6.07, 6.45) is 10.7. The minimum Gasteiger partial charge on any atom is -0.401 e. The first-order chi connectivity index (χ1) is 7.97. The zero-order valence-corrected chi connectivity index (χ0v) is 10.7. The topological polar surface area (TPSA) is 46.3 Å². The minimum absolute atomic E-state index is 0.113. The van der Waals surface area contributed by atoms with Crippen molar-refractivity contribution in [3.05, 3.63) is 36.2 Å². The summed E-state index contributed by atoms with van der Waals surface area (Å²) in [6.45, 7) is 6.25. The molecule has 0 saturated carbocycles. The summed E-state index contributed by atoms with van der Waals surface area (Å²) in [5.74, 6) is 0.0229. The molecule has 0 aromatic rings. The molecular weight excluding hydrogens is 212 g/mol. The van der Waals surface area contributed by atoms with E-state index in [1.165, 1.54) is 0 Å². The van der Waals surface area contributed by atoms with E-state index in [-0.39, 0.29) is 23.3 Å². The number of hydrogen-bond acceptors (Lipinski definition) is 2. The molecule has 0 saturated heterocycles. The number of rotatable bonds is 2. The molecule has 92 valence electrons. The first kappa shape index (κ1) is 12.0. The van der Waals surface area contributed by atoms with E-state index >= 15 is 0 Å². The summed E-state index contributed by atoms with van der Waals surface area (Å²) in [5, 5.41) is 0. The maximum absolute atomic E-state index is 12.5. The third-order valence-electron chi connectivity index (χ3n) is 3.84. The zero-order valence-electron chi connectivity index (χ0n) is 10.7. The highest BCUT2D eigenvalue weighted by molar-refractivity contribution is 5.85. The average molecular weight is 232 g/mol. The maximum atomic E-state index is 12.5. The number of allylic oxidation sites excluding steroid dienone is 4. The van der Waals surface area contributed by atoms with Gasteiger partial charge in [0.1, 0.15) is 0 Å². The molecule has 3 nitrogen and oxygen atoms in total. The van der Waals surface area contributed by atoms with E-state index in [0.29, 0.717) is 5.70 Å². The van der Waals surface area contributed by atoms with Gasteiger partial charge >= 0.3 is 0 Å². The average Bonchev–Trinajstić information content (AvgIpc) is 2.29. The van der Waals surface area contributed by atoms with E-state index in [0.717, 1.165) is 6.42 Å². The van der Waals surface area contributed by atoms with Crippen molar-refractivity contribution in [2.75, 3.05) is 0 Å². The lowest BCUT2D eigenvalue weighted by Gasteiger charge is -2.42. The Bertz CT molecular complexity index is 418. The van der Waals surface area contributed by atoms with Gasteiger partial charge in [0.15, 0.2) is 0 Å². The van der Waals surface area contributed by atoms with Gasteiger partial charge in [-0.25, -0.2) is 0 Å². The van der Waals surface area contributed by atoms with Gasteiger partial charge in [-0.2, -0.15) is 0 Å². The van der Waals surface area contributed by atoms with Crippen molar-refractivity contribution in [2.24, 2.45) is 17.6 Å². The van der Waals surface area contributed by atoms with Crippen LogP contribution in [0.15, 0.2) is 36.2 Å². The molecule has 1 aliphatic heterocycles. The van der Waals surface area contributed by atoms with E-state index in [1.807, 2.05) is 29.3 Å². The maximum Gasteiger partial charge on any atom is 0.236 e. The molecule has 1 aliphatic carbocycles. The van der Waals surface area contributed by atoms with Crippen molar-refractivity contribution in [3.63, 3.8) is 0 Å². The van der Waals surface area contributed by atoms with Gasteiger partial charge in [-0.05, 0) is 26.3 Å². The van der Waals surface area contributed by atoms with Gasteiger partial charge in [0.2, 0.25) is 5.91 Å². The first-order valence-electron chi connectivity index (χ1n) is 6.12. The fourth-order valence-corrected chi connectivity index (χ4v) is 2.29. The molecule has 2 unspecified atom stereocenters. The normalized spacial score (nSPS) is 28.1. The van der Waals surface area contributed by atoms with Gasteiger partial charge in [0, 0.05) is 23.4 Å². The first-order valence-corrected chi connectivity index (χ1v) is 6.12. The Morgan fingerprint density at radius 3 is 2.76 bits per heavy atom. The lowest BCUT2D eigenvalue weighted by atomic mass is 9.81. The molecule has 2 rings (SSSR count). The van der Waals surface area contributed by atoms with Crippen LogP contribution in [0.1, 0.15) is 27.2 Å². The largest absolute Gasteiger partial charge is 0.401 e. The predicted octanol–water partition coefficient (Wildman–Crippen LogP) is 2.18. The highest BCUT2D eigenvalue weighted by Crippen LogP contribution is 2.34. The van der Waals surface area contributed by atoms with Crippen molar-refractivity contribution in [3.8, 4) is 0 Å². The Balaban J connectivity index is 2.35. The van der Waals surface area contributed by atoms with Crippen LogP contribution < -0.4 is 5.73 Å². The number of carbonyl (C=O) groups is 1. The van der Waals surface area contributed by atoms with Crippen LogP contribution in [0.5, 0.6) is 0 Å². The Morgan fingerprint density at radius 2 is 2.12 bits per heavy atom. The van der Waals surface area contributed by atoms with Gasteiger partial charge in [-0.15, -0.1) is 0 Å². The number of carbonyl (C=O) groups excluding carboxylic acids is 1. The summed E-state index contributed by atoms with van der Waals surface area (Å²) in [5.41, 5.74) is 6.47. The minimum atomic E-state index is -0.212. The van der Waals surface area contributed by atoms with E-state index < -0.39 is 0 Å². The Labute approximate surface area is 103 Å². The molecule has 1 heterocycles. The fourth-order valence-electron chi connectivity index (χ4n) is 2.29. The van der Waals surface area contributed by atoms with Gasteiger partial charge in [-0.1, -0.05) is 25.2 Å². The van der Waals surface area contributed by atoms with Crippen molar-refractivity contribution >= 4 is 5.91 Å². The molecule has 2 N–H and O–H groups in total. The molecular formula is C14H20N2O. The van der Waals surface area contributed by atoms with Crippen LogP contribution in [-0.4, -0.2) is 16.3 Å².